The summed E-state index contributed by atoms with van der Waals surface area (Å²) in [5.74, 6) is -1.06. The maximum Gasteiger partial charge on any atom is 0.416 e. The van der Waals surface area contributed by atoms with Gasteiger partial charge in [-0.25, -0.2) is 4.79 Å². The van der Waals surface area contributed by atoms with E-state index < -0.39 is 17.7 Å². The summed E-state index contributed by atoms with van der Waals surface area (Å²) in [4.78, 5) is 12.2. The van der Waals surface area contributed by atoms with E-state index in [9.17, 15) is 23.1 Å². The molecule has 0 unspecified atom stereocenters. The lowest BCUT2D eigenvalue weighted by atomic mass is 10.1. The third-order valence-electron chi connectivity index (χ3n) is 4.60. The number of aromatic nitrogens is 2. The van der Waals surface area contributed by atoms with E-state index in [0.717, 1.165) is 26.6 Å². The maximum absolute atomic E-state index is 13.0. The van der Waals surface area contributed by atoms with Crippen molar-refractivity contribution in [3.05, 3.63) is 76.3 Å². The molecule has 0 bridgehead atoms. The van der Waals surface area contributed by atoms with Crippen LogP contribution in [0, 0.1) is 0 Å². The van der Waals surface area contributed by atoms with E-state index in [1.54, 1.807) is 13.1 Å². The van der Waals surface area contributed by atoms with E-state index in [1.807, 2.05) is 24.3 Å². The number of rotatable bonds is 4. The molecule has 0 aliphatic heterocycles. The highest BCUT2D eigenvalue weighted by atomic mass is 32.1. The van der Waals surface area contributed by atoms with E-state index in [0.29, 0.717) is 17.7 Å². The van der Waals surface area contributed by atoms with Crippen molar-refractivity contribution in [3.63, 3.8) is 0 Å². The van der Waals surface area contributed by atoms with Crippen LogP contribution in [0.5, 0.6) is 0 Å². The Balaban J connectivity index is 1.72. The first-order chi connectivity index (χ1) is 13.7. The molecule has 8 heteroatoms. The highest BCUT2D eigenvalue weighted by Crippen LogP contribution is 2.36. The van der Waals surface area contributed by atoms with Gasteiger partial charge in [0.1, 0.15) is 5.69 Å². The fourth-order valence-electron chi connectivity index (χ4n) is 3.26. The second-order valence-corrected chi connectivity index (χ2v) is 7.79. The molecule has 4 rings (SSSR count). The van der Waals surface area contributed by atoms with Gasteiger partial charge in [-0.15, -0.1) is 11.3 Å². The van der Waals surface area contributed by atoms with Gasteiger partial charge in [-0.3, -0.25) is 4.68 Å². The number of aromatic carboxylic acids is 1. The van der Waals surface area contributed by atoms with E-state index in [1.165, 1.54) is 34.2 Å². The Morgan fingerprint density at radius 1 is 1.14 bits per heavy atom. The molecule has 2 aromatic heterocycles. The lowest BCUT2D eigenvalue weighted by molar-refractivity contribution is -0.137. The molecule has 0 atom stereocenters. The molecule has 4 aromatic rings. The third kappa shape index (κ3) is 3.75. The number of hydrogen-bond acceptors (Lipinski definition) is 3. The van der Waals surface area contributed by atoms with Crippen molar-refractivity contribution in [3.8, 4) is 11.3 Å². The van der Waals surface area contributed by atoms with Crippen LogP contribution in [0.4, 0.5) is 13.2 Å². The number of carboxylic acids is 1. The van der Waals surface area contributed by atoms with E-state index >= 15 is 0 Å². The largest absolute Gasteiger partial charge is 0.477 e. The zero-order valence-electron chi connectivity index (χ0n) is 15.2. The van der Waals surface area contributed by atoms with Gasteiger partial charge in [0.2, 0.25) is 0 Å². The first kappa shape index (κ1) is 19.2. The van der Waals surface area contributed by atoms with Crippen LogP contribution >= 0.6 is 11.3 Å². The quantitative estimate of drug-likeness (QED) is 0.471. The van der Waals surface area contributed by atoms with Crippen LogP contribution in [0.25, 0.3) is 21.3 Å². The number of carbonyl (C=O) groups is 1. The molecule has 0 amide bonds. The Kier molecular flexibility index (Phi) is 4.66. The van der Waals surface area contributed by atoms with Gasteiger partial charge in [-0.2, -0.15) is 18.3 Å². The molecule has 0 radical (unpaired) electrons. The summed E-state index contributed by atoms with van der Waals surface area (Å²) >= 11 is 1.47. The fraction of sp³-hybridized carbons (Fsp3) is 0.143. The topological polar surface area (TPSA) is 55.1 Å². The standard InChI is InChI=1S/C21H15F3N2O2S/c1-26-18(20(27)28)11-17(25-26)16-7-3-5-13-10-15(29-19(13)16)9-12-4-2-6-14(8-12)21(22,23)24/h2-8,10-11H,9H2,1H3,(H,27,28). The van der Waals surface area contributed by atoms with Gasteiger partial charge in [0.05, 0.1) is 11.3 Å². The first-order valence-corrected chi connectivity index (χ1v) is 9.49. The second-order valence-electron chi connectivity index (χ2n) is 6.66. The van der Waals surface area contributed by atoms with Crippen LogP contribution < -0.4 is 0 Å². The number of hydrogen-bond donors (Lipinski definition) is 1. The molecule has 29 heavy (non-hydrogen) atoms. The number of halogens is 3. The molecular weight excluding hydrogens is 401 g/mol. The normalized spacial score (nSPS) is 11.9. The first-order valence-electron chi connectivity index (χ1n) is 8.67. The molecular formula is C21H15F3N2O2S. The van der Waals surface area contributed by atoms with Crippen molar-refractivity contribution in [1.82, 2.24) is 9.78 Å². The highest BCUT2D eigenvalue weighted by Gasteiger charge is 2.30. The Hall–Kier alpha value is -3.13. The van der Waals surface area contributed by atoms with Crippen molar-refractivity contribution in [2.24, 2.45) is 7.05 Å². The van der Waals surface area contributed by atoms with Gasteiger partial charge < -0.3 is 5.11 Å². The number of thiophene rings is 1. The molecule has 4 nitrogen and oxygen atoms in total. The van der Waals surface area contributed by atoms with Crippen LogP contribution in [0.2, 0.25) is 0 Å². The molecule has 0 saturated carbocycles. The van der Waals surface area contributed by atoms with Crippen LogP contribution in [0.15, 0.2) is 54.6 Å². The van der Waals surface area contributed by atoms with Crippen molar-refractivity contribution >= 4 is 27.4 Å². The summed E-state index contributed by atoms with van der Waals surface area (Å²) in [5, 5.41) is 14.5. The predicted molar refractivity (Wildman–Crippen MR) is 105 cm³/mol. The Labute approximate surface area is 167 Å². The molecule has 0 aliphatic rings. The zero-order chi connectivity index (χ0) is 20.8. The average Bonchev–Trinajstić information content (AvgIpc) is 3.23. The number of carboxylic acid groups (broad SMARTS) is 1. The molecule has 1 N–H and O–H groups in total. The van der Waals surface area contributed by atoms with Crippen molar-refractivity contribution in [2.75, 3.05) is 0 Å². The fourth-order valence-corrected chi connectivity index (χ4v) is 4.48. The number of nitrogens with zero attached hydrogens (tertiary/aromatic N) is 2. The summed E-state index contributed by atoms with van der Waals surface area (Å²) in [5.41, 5.74) is 1.34. The lowest BCUT2D eigenvalue weighted by Crippen LogP contribution is -2.05. The molecule has 0 aliphatic carbocycles. The minimum atomic E-state index is -4.37. The number of fused-ring (bicyclic) bond motifs is 1. The molecule has 2 aromatic carbocycles. The van der Waals surface area contributed by atoms with E-state index in [-0.39, 0.29) is 5.69 Å². The van der Waals surface area contributed by atoms with Crippen LogP contribution in [-0.4, -0.2) is 20.9 Å². The van der Waals surface area contributed by atoms with Crippen molar-refractivity contribution in [1.29, 1.82) is 0 Å². The van der Waals surface area contributed by atoms with Crippen LogP contribution in [0.1, 0.15) is 26.5 Å². The van der Waals surface area contributed by atoms with E-state index in [4.69, 9.17) is 0 Å². The Morgan fingerprint density at radius 3 is 2.59 bits per heavy atom. The van der Waals surface area contributed by atoms with Gasteiger partial charge in [0.15, 0.2) is 0 Å². The van der Waals surface area contributed by atoms with E-state index in [2.05, 4.69) is 5.10 Å². The second kappa shape index (κ2) is 7.04. The van der Waals surface area contributed by atoms with Gasteiger partial charge >= 0.3 is 12.1 Å². The number of alkyl halides is 3. The van der Waals surface area contributed by atoms with Crippen molar-refractivity contribution < 1.29 is 23.1 Å². The highest BCUT2D eigenvalue weighted by molar-refractivity contribution is 7.19. The summed E-state index contributed by atoms with van der Waals surface area (Å²) in [7, 11) is 1.57. The summed E-state index contributed by atoms with van der Waals surface area (Å²) in [6, 6.07) is 14.4. The SMILES string of the molecule is Cn1nc(-c2cccc3cc(Cc4cccc(C(F)(F)F)c4)sc23)cc1C(=O)O. The third-order valence-corrected chi connectivity index (χ3v) is 5.79. The van der Waals surface area contributed by atoms with Gasteiger partial charge in [-0.1, -0.05) is 36.4 Å². The zero-order valence-corrected chi connectivity index (χ0v) is 16.0. The minimum Gasteiger partial charge on any atom is -0.477 e. The predicted octanol–water partition coefficient (Wildman–Crippen LogP) is 5.61. The lowest BCUT2D eigenvalue weighted by Gasteiger charge is -2.08. The summed E-state index contributed by atoms with van der Waals surface area (Å²) < 4.78 is 41.1. The number of aryl methyl sites for hydroxylation is 1. The molecule has 0 saturated heterocycles. The van der Waals surface area contributed by atoms with Gasteiger partial charge in [0.25, 0.3) is 0 Å². The molecule has 2 heterocycles. The van der Waals surface area contributed by atoms with Gasteiger partial charge in [-0.05, 0) is 29.1 Å². The maximum atomic E-state index is 13.0. The molecule has 0 fully saturated rings. The minimum absolute atomic E-state index is 0.0812. The van der Waals surface area contributed by atoms with Crippen LogP contribution in [0.3, 0.4) is 0 Å². The Bertz CT molecular complexity index is 1220. The molecule has 148 valence electrons. The smallest absolute Gasteiger partial charge is 0.416 e. The summed E-state index contributed by atoms with van der Waals surface area (Å²) in [6.07, 6.45) is -3.99. The van der Waals surface area contributed by atoms with Gasteiger partial charge in [0, 0.05) is 28.6 Å². The monoisotopic (exact) mass is 416 g/mol. The van der Waals surface area contributed by atoms with Crippen LogP contribution in [-0.2, 0) is 19.6 Å². The average molecular weight is 416 g/mol. The molecule has 0 spiro atoms. The number of benzene rings is 2. The Morgan fingerprint density at radius 2 is 1.90 bits per heavy atom. The van der Waals surface area contributed by atoms with Crippen molar-refractivity contribution in [2.45, 2.75) is 12.6 Å². The summed E-state index contributed by atoms with van der Waals surface area (Å²) in [6.45, 7) is 0.